The topological polar surface area (TPSA) is 60.9 Å². The van der Waals surface area contributed by atoms with Gasteiger partial charge >= 0.3 is 0 Å². The Morgan fingerprint density at radius 1 is 1.25 bits per heavy atom. The SMILES string of the molecule is O=CC1CN(C(=O)c2ccccc2F)C(c2cccc(Br)c2)N1O. The van der Waals surface area contributed by atoms with Crippen molar-refractivity contribution in [1.29, 1.82) is 0 Å². The minimum atomic E-state index is -0.871. The maximum Gasteiger partial charge on any atom is 0.258 e. The predicted molar refractivity (Wildman–Crippen MR) is 87.8 cm³/mol. The molecule has 1 saturated heterocycles. The number of hydroxylamine groups is 2. The third kappa shape index (κ3) is 2.98. The lowest BCUT2D eigenvalue weighted by Crippen LogP contribution is -2.35. The van der Waals surface area contributed by atoms with E-state index in [1.54, 1.807) is 30.3 Å². The molecule has 2 atom stereocenters. The van der Waals surface area contributed by atoms with Gasteiger partial charge in [-0.1, -0.05) is 40.2 Å². The predicted octanol–water partition coefficient (Wildman–Crippen LogP) is 3.00. The van der Waals surface area contributed by atoms with Crippen LogP contribution in [-0.4, -0.2) is 40.0 Å². The fraction of sp³-hybridized carbons (Fsp3) is 0.176. The molecule has 0 bridgehead atoms. The third-order valence-corrected chi connectivity index (χ3v) is 4.43. The van der Waals surface area contributed by atoms with Crippen molar-refractivity contribution in [3.63, 3.8) is 0 Å². The lowest BCUT2D eigenvalue weighted by Gasteiger charge is -2.27. The van der Waals surface area contributed by atoms with Crippen LogP contribution in [0.25, 0.3) is 0 Å². The summed E-state index contributed by atoms with van der Waals surface area (Å²) in [4.78, 5) is 25.3. The second-order valence-corrected chi connectivity index (χ2v) is 6.37. The number of amides is 1. The number of carbonyl (C=O) groups is 2. The van der Waals surface area contributed by atoms with Crippen LogP contribution in [-0.2, 0) is 4.79 Å². The van der Waals surface area contributed by atoms with Gasteiger partial charge in [0.2, 0.25) is 0 Å². The normalized spacial score (nSPS) is 21.0. The summed E-state index contributed by atoms with van der Waals surface area (Å²) in [6, 6.07) is 11.8. The molecule has 2 aromatic carbocycles. The monoisotopic (exact) mass is 392 g/mol. The van der Waals surface area contributed by atoms with E-state index in [1.165, 1.54) is 23.1 Å². The van der Waals surface area contributed by atoms with Gasteiger partial charge in [-0.25, -0.2) is 4.39 Å². The summed E-state index contributed by atoms with van der Waals surface area (Å²) in [6.45, 7) is -0.0235. The van der Waals surface area contributed by atoms with Crippen LogP contribution in [0.4, 0.5) is 4.39 Å². The molecule has 0 spiro atoms. The first-order valence-corrected chi connectivity index (χ1v) is 8.05. The number of halogens is 2. The third-order valence-electron chi connectivity index (χ3n) is 3.94. The number of nitrogens with zero attached hydrogens (tertiary/aromatic N) is 2. The van der Waals surface area contributed by atoms with Crippen LogP contribution in [0.5, 0.6) is 0 Å². The van der Waals surface area contributed by atoms with Gasteiger partial charge in [0.15, 0.2) is 0 Å². The molecule has 124 valence electrons. The Bertz CT molecular complexity index is 786. The van der Waals surface area contributed by atoms with E-state index in [2.05, 4.69) is 15.9 Å². The molecule has 1 heterocycles. The zero-order valence-electron chi connectivity index (χ0n) is 12.5. The summed E-state index contributed by atoms with van der Waals surface area (Å²) in [5.41, 5.74) is 0.512. The molecule has 1 fully saturated rings. The minimum absolute atomic E-state index is 0.0235. The summed E-state index contributed by atoms with van der Waals surface area (Å²) in [7, 11) is 0. The smallest absolute Gasteiger partial charge is 0.258 e. The van der Waals surface area contributed by atoms with Gasteiger partial charge in [-0.15, -0.1) is 0 Å². The Morgan fingerprint density at radius 3 is 2.67 bits per heavy atom. The second kappa shape index (κ2) is 6.80. The zero-order valence-corrected chi connectivity index (χ0v) is 14.1. The average molecular weight is 393 g/mol. The van der Waals surface area contributed by atoms with Crippen LogP contribution in [0.15, 0.2) is 53.0 Å². The highest BCUT2D eigenvalue weighted by molar-refractivity contribution is 9.10. The molecule has 1 aliphatic rings. The van der Waals surface area contributed by atoms with Gasteiger partial charge in [-0.05, 0) is 29.8 Å². The van der Waals surface area contributed by atoms with E-state index in [9.17, 15) is 19.2 Å². The summed E-state index contributed by atoms with van der Waals surface area (Å²) in [5, 5.41) is 11.2. The molecule has 0 saturated carbocycles. The van der Waals surface area contributed by atoms with Crippen molar-refractivity contribution in [2.45, 2.75) is 12.2 Å². The van der Waals surface area contributed by atoms with Crippen LogP contribution in [0.1, 0.15) is 22.1 Å². The fourth-order valence-corrected chi connectivity index (χ4v) is 3.21. The van der Waals surface area contributed by atoms with E-state index >= 15 is 0 Å². The van der Waals surface area contributed by atoms with Crippen molar-refractivity contribution in [3.8, 4) is 0 Å². The van der Waals surface area contributed by atoms with E-state index in [0.29, 0.717) is 11.8 Å². The van der Waals surface area contributed by atoms with Gasteiger partial charge in [0.1, 0.15) is 24.3 Å². The molecule has 1 amide bonds. The lowest BCUT2D eigenvalue weighted by atomic mass is 10.1. The van der Waals surface area contributed by atoms with Crippen molar-refractivity contribution >= 4 is 28.1 Å². The molecule has 2 unspecified atom stereocenters. The molecule has 2 aromatic rings. The molecule has 1 N–H and O–H groups in total. The van der Waals surface area contributed by atoms with E-state index in [0.717, 1.165) is 9.54 Å². The number of rotatable bonds is 3. The Kier molecular flexibility index (Phi) is 4.75. The Morgan fingerprint density at radius 2 is 2.00 bits per heavy atom. The summed E-state index contributed by atoms with van der Waals surface area (Å²) in [6.07, 6.45) is -0.301. The average Bonchev–Trinajstić information content (AvgIpc) is 2.91. The molecule has 3 rings (SSSR count). The molecular formula is C17H14BrFN2O3. The molecular weight excluding hydrogens is 379 g/mol. The highest BCUT2D eigenvalue weighted by Gasteiger charge is 2.43. The summed E-state index contributed by atoms with van der Waals surface area (Å²) >= 11 is 3.34. The summed E-state index contributed by atoms with van der Waals surface area (Å²) < 4.78 is 14.7. The molecule has 5 nitrogen and oxygen atoms in total. The summed E-state index contributed by atoms with van der Waals surface area (Å²) in [5.74, 6) is -1.23. The first kappa shape index (κ1) is 16.8. The quantitative estimate of drug-likeness (QED) is 0.815. The van der Waals surface area contributed by atoms with Gasteiger partial charge in [0.05, 0.1) is 5.56 Å². The number of benzene rings is 2. The van der Waals surface area contributed by atoms with Crippen LogP contribution in [0.2, 0.25) is 0 Å². The first-order valence-electron chi connectivity index (χ1n) is 7.26. The van der Waals surface area contributed by atoms with Crippen molar-refractivity contribution in [3.05, 3.63) is 69.9 Å². The largest absolute Gasteiger partial charge is 0.314 e. The van der Waals surface area contributed by atoms with Gasteiger partial charge in [-0.2, -0.15) is 5.06 Å². The maximum atomic E-state index is 14.0. The Labute approximate surface area is 146 Å². The van der Waals surface area contributed by atoms with Crippen LogP contribution in [0, 0.1) is 5.82 Å². The van der Waals surface area contributed by atoms with E-state index in [-0.39, 0.29) is 12.1 Å². The molecule has 0 aromatic heterocycles. The highest BCUT2D eigenvalue weighted by atomic mass is 79.9. The number of carbonyl (C=O) groups excluding carboxylic acids is 2. The standard InChI is InChI=1S/C17H14BrFN2O3/c18-12-5-3-4-11(8-12)16-20(9-13(10-22)21(16)24)17(23)14-6-1-2-7-15(14)19/h1-8,10,13,16,24H,9H2. The van der Waals surface area contributed by atoms with Crippen molar-refractivity contribution in [2.75, 3.05) is 6.54 Å². The number of hydrogen-bond acceptors (Lipinski definition) is 4. The van der Waals surface area contributed by atoms with E-state index in [4.69, 9.17) is 0 Å². The van der Waals surface area contributed by atoms with Crippen LogP contribution >= 0.6 is 15.9 Å². The maximum absolute atomic E-state index is 14.0. The van der Waals surface area contributed by atoms with Gasteiger partial charge in [0, 0.05) is 11.0 Å². The molecule has 24 heavy (non-hydrogen) atoms. The molecule has 0 aliphatic carbocycles. The lowest BCUT2D eigenvalue weighted by molar-refractivity contribution is -0.154. The molecule has 0 radical (unpaired) electrons. The van der Waals surface area contributed by atoms with Gasteiger partial charge in [-0.3, -0.25) is 4.79 Å². The van der Waals surface area contributed by atoms with Crippen molar-refractivity contribution < 1.29 is 19.2 Å². The van der Waals surface area contributed by atoms with Gasteiger partial charge in [0.25, 0.3) is 5.91 Å². The zero-order chi connectivity index (χ0) is 17.3. The second-order valence-electron chi connectivity index (χ2n) is 5.45. The van der Waals surface area contributed by atoms with Gasteiger partial charge < -0.3 is 14.9 Å². The highest BCUT2D eigenvalue weighted by Crippen LogP contribution is 2.34. The fourth-order valence-electron chi connectivity index (χ4n) is 2.80. The van der Waals surface area contributed by atoms with Crippen LogP contribution in [0.3, 0.4) is 0 Å². The Hall–Kier alpha value is -2.09. The van der Waals surface area contributed by atoms with Crippen LogP contribution < -0.4 is 0 Å². The minimum Gasteiger partial charge on any atom is -0.314 e. The molecule has 7 heteroatoms. The van der Waals surface area contributed by atoms with E-state index in [1.807, 2.05) is 0 Å². The number of hydrogen-bond donors (Lipinski definition) is 1. The molecule has 1 aliphatic heterocycles. The number of aldehydes is 1. The van der Waals surface area contributed by atoms with Crippen molar-refractivity contribution in [1.82, 2.24) is 9.96 Å². The van der Waals surface area contributed by atoms with Crippen molar-refractivity contribution in [2.24, 2.45) is 0 Å². The van der Waals surface area contributed by atoms with E-state index < -0.39 is 23.9 Å². The first-order chi connectivity index (χ1) is 11.5. The Balaban J connectivity index is 2.02.